The zero-order valence-corrected chi connectivity index (χ0v) is 16.8. The van der Waals surface area contributed by atoms with Gasteiger partial charge in [0.25, 0.3) is 0 Å². The zero-order valence-electron chi connectivity index (χ0n) is 15.9. The maximum absolute atomic E-state index is 11.7. The van der Waals surface area contributed by atoms with Crippen molar-refractivity contribution in [1.82, 2.24) is 0 Å². The second kappa shape index (κ2) is 10.4. The molecule has 1 aromatic carbocycles. The van der Waals surface area contributed by atoms with Gasteiger partial charge in [-0.1, -0.05) is 30.3 Å². The Balaban J connectivity index is 2.26. The quantitative estimate of drug-likeness (QED) is 0.410. The molecule has 0 N–H and O–H groups in total. The van der Waals surface area contributed by atoms with Crippen molar-refractivity contribution in [2.45, 2.75) is 57.2 Å². The maximum Gasteiger partial charge on any atom is 0.303 e. The van der Waals surface area contributed by atoms with Crippen LogP contribution in [0.1, 0.15) is 26.3 Å². The monoisotopic (exact) mass is 412 g/mol. The van der Waals surface area contributed by atoms with Crippen molar-refractivity contribution >= 4 is 30.5 Å². The lowest BCUT2D eigenvalue weighted by atomic mass is 9.99. The Morgan fingerprint density at radius 2 is 1.54 bits per heavy atom. The molecule has 0 radical (unpaired) electrons. The lowest BCUT2D eigenvalue weighted by Gasteiger charge is -2.43. The van der Waals surface area contributed by atoms with Crippen LogP contribution in [0.3, 0.4) is 0 Å². The molecule has 0 saturated carbocycles. The van der Waals surface area contributed by atoms with Gasteiger partial charge in [-0.2, -0.15) is 0 Å². The lowest BCUT2D eigenvalue weighted by molar-refractivity contribution is -0.241. The topological polar surface area (TPSA) is 97.4 Å². The van der Waals surface area contributed by atoms with Gasteiger partial charge in [-0.15, -0.1) is 12.6 Å². The van der Waals surface area contributed by atoms with Gasteiger partial charge in [-0.05, 0) is 5.56 Å². The first-order valence-electron chi connectivity index (χ1n) is 8.74. The number of ether oxygens (including phenoxy) is 5. The summed E-state index contributed by atoms with van der Waals surface area (Å²) in [5.74, 6) is -1.64. The molecule has 0 spiro atoms. The normalized spacial score (nSPS) is 26.9. The molecule has 1 aromatic rings. The van der Waals surface area contributed by atoms with E-state index in [1.54, 1.807) is 0 Å². The van der Waals surface area contributed by atoms with Crippen molar-refractivity contribution < 1.29 is 38.1 Å². The van der Waals surface area contributed by atoms with Crippen LogP contribution in [0.2, 0.25) is 0 Å². The third kappa shape index (κ3) is 6.50. The Morgan fingerprint density at radius 1 is 0.929 bits per heavy atom. The van der Waals surface area contributed by atoms with Crippen LogP contribution in [0, 0.1) is 0 Å². The molecule has 154 valence electrons. The van der Waals surface area contributed by atoms with Crippen molar-refractivity contribution in [3.8, 4) is 0 Å². The molecule has 0 amide bonds. The first-order chi connectivity index (χ1) is 13.3. The van der Waals surface area contributed by atoms with Crippen LogP contribution in [0.4, 0.5) is 0 Å². The molecule has 8 nitrogen and oxygen atoms in total. The van der Waals surface area contributed by atoms with Crippen molar-refractivity contribution in [3.63, 3.8) is 0 Å². The van der Waals surface area contributed by atoms with Crippen LogP contribution < -0.4 is 0 Å². The lowest BCUT2D eigenvalue weighted by Crippen LogP contribution is -2.60. The van der Waals surface area contributed by atoms with Crippen LogP contribution in [0.25, 0.3) is 0 Å². The summed E-state index contributed by atoms with van der Waals surface area (Å²) in [6.07, 6.45) is -3.59. The molecule has 1 saturated heterocycles. The van der Waals surface area contributed by atoms with E-state index >= 15 is 0 Å². The minimum atomic E-state index is -0.965. The molecule has 1 aliphatic heterocycles. The Kier molecular flexibility index (Phi) is 8.28. The standard InChI is InChI=1S/C19H24O8S/c1-11(20)23-10-15-16(25-12(2)21)17(18(19(28)27-15)26-13(3)22)24-9-14-7-5-4-6-8-14/h4-8,15-19,28H,9-10H2,1-3H3/t15-,16-,17+,18-,19+/m1/s1. The summed E-state index contributed by atoms with van der Waals surface area (Å²) in [5, 5.41) is 0. The summed E-state index contributed by atoms with van der Waals surface area (Å²) in [5.41, 5.74) is 0.0152. The SMILES string of the molecule is CC(=O)OC[C@H]1O[C@@H](S)[C@H](OC(C)=O)[C@@H](OCc2ccccc2)[C@@H]1OC(C)=O. The van der Waals surface area contributed by atoms with E-state index in [1.165, 1.54) is 20.8 Å². The first kappa shape index (κ1) is 22.2. The van der Waals surface area contributed by atoms with E-state index in [0.717, 1.165) is 5.56 Å². The van der Waals surface area contributed by atoms with Crippen LogP contribution in [-0.4, -0.2) is 54.4 Å². The number of rotatable bonds is 7. The molecule has 0 aliphatic carbocycles. The fourth-order valence-electron chi connectivity index (χ4n) is 2.84. The summed E-state index contributed by atoms with van der Waals surface area (Å²) in [6, 6.07) is 9.34. The number of thiol groups is 1. The van der Waals surface area contributed by atoms with Crippen molar-refractivity contribution in [2.75, 3.05) is 6.61 Å². The van der Waals surface area contributed by atoms with E-state index in [0.29, 0.717) is 0 Å². The molecule has 0 unspecified atom stereocenters. The van der Waals surface area contributed by atoms with Gasteiger partial charge in [-0.3, -0.25) is 14.4 Å². The van der Waals surface area contributed by atoms with Gasteiger partial charge in [0.1, 0.15) is 24.3 Å². The smallest absolute Gasteiger partial charge is 0.303 e. The van der Waals surface area contributed by atoms with Crippen LogP contribution in [0.5, 0.6) is 0 Å². The highest BCUT2D eigenvalue weighted by molar-refractivity contribution is 7.80. The largest absolute Gasteiger partial charge is 0.463 e. The van der Waals surface area contributed by atoms with Crippen molar-refractivity contribution in [1.29, 1.82) is 0 Å². The number of hydrogen-bond acceptors (Lipinski definition) is 9. The van der Waals surface area contributed by atoms with E-state index in [4.69, 9.17) is 23.7 Å². The van der Waals surface area contributed by atoms with Crippen LogP contribution in [0.15, 0.2) is 30.3 Å². The van der Waals surface area contributed by atoms with Gasteiger partial charge in [0.2, 0.25) is 0 Å². The molecule has 0 bridgehead atoms. The van der Waals surface area contributed by atoms with E-state index in [1.807, 2.05) is 30.3 Å². The zero-order chi connectivity index (χ0) is 20.7. The molecule has 5 atom stereocenters. The van der Waals surface area contributed by atoms with Crippen LogP contribution in [-0.2, 0) is 44.7 Å². The number of benzene rings is 1. The van der Waals surface area contributed by atoms with Crippen molar-refractivity contribution in [2.24, 2.45) is 0 Å². The fourth-order valence-corrected chi connectivity index (χ4v) is 3.22. The average molecular weight is 412 g/mol. The molecule has 28 heavy (non-hydrogen) atoms. The second-order valence-electron chi connectivity index (χ2n) is 6.28. The first-order valence-corrected chi connectivity index (χ1v) is 9.26. The summed E-state index contributed by atoms with van der Waals surface area (Å²) >= 11 is 4.35. The highest BCUT2D eigenvalue weighted by Crippen LogP contribution is 2.31. The van der Waals surface area contributed by atoms with Gasteiger partial charge in [-0.25, -0.2) is 0 Å². The molecule has 0 aromatic heterocycles. The number of carbonyl (C=O) groups is 3. The third-order valence-corrected chi connectivity index (χ3v) is 4.37. The highest BCUT2D eigenvalue weighted by atomic mass is 32.1. The van der Waals surface area contributed by atoms with E-state index < -0.39 is 47.8 Å². The predicted octanol–water partition coefficient (Wildman–Crippen LogP) is 1.65. The Hall–Kier alpha value is -2.10. The molecule has 1 aliphatic rings. The Morgan fingerprint density at radius 3 is 2.11 bits per heavy atom. The fraction of sp³-hybridized carbons (Fsp3) is 0.526. The van der Waals surface area contributed by atoms with Gasteiger partial charge in [0, 0.05) is 20.8 Å². The maximum atomic E-state index is 11.7. The van der Waals surface area contributed by atoms with Crippen LogP contribution >= 0.6 is 12.6 Å². The molecule has 1 heterocycles. The second-order valence-corrected chi connectivity index (χ2v) is 6.79. The van der Waals surface area contributed by atoms with E-state index in [-0.39, 0.29) is 13.2 Å². The Bertz CT molecular complexity index is 680. The minimum Gasteiger partial charge on any atom is -0.463 e. The molecule has 2 rings (SSSR count). The van der Waals surface area contributed by atoms with E-state index in [9.17, 15) is 14.4 Å². The number of esters is 3. The molecule has 9 heteroatoms. The Labute approximate surface area is 168 Å². The van der Waals surface area contributed by atoms with Crippen molar-refractivity contribution in [3.05, 3.63) is 35.9 Å². The number of hydrogen-bond donors (Lipinski definition) is 1. The highest BCUT2D eigenvalue weighted by Gasteiger charge is 2.49. The predicted molar refractivity (Wildman–Crippen MR) is 100 cm³/mol. The summed E-state index contributed by atoms with van der Waals surface area (Å²) in [7, 11) is 0. The summed E-state index contributed by atoms with van der Waals surface area (Å²) in [6.45, 7) is 3.77. The third-order valence-electron chi connectivity index (χ3n) is 3.95. The molecular weight excluding hydrogens is 388 g/mol. The van der Waals surface area contributed by atoms with Gasteiger partial charge in [0.05, 0.1) is 6.61 Å². The van der Waals surface area contributed by atoms with Gasteiger partial charge < -0.3 is 23.7 Å². The minimum absolute atomic E-state index is 0.164. The van der Waals surface area contributed by atoms with Gasteiger partial charge in [0.15, 0.2) is 12.2 Å². The van der Waals surface area contributed by atoms with E-state index in [2.05, 4.69) is 12.6 Å². The molecular formula is C19H24O8S. The number of carbonyl (C=O) groups excluding carboxylic acids is 3. The average Bonchev–Trinajstić information content (AvgIpc) is 2.62. The molecule has 1 fully saturated rings. The van der Waals surface area contributed by atoms with Gasteiger partial charge >= 0.3 is 17.9 Å². The summed E-state index contributed by atoms with van der Waals surface area (Å²) in [4.78, 5) is 34.4. The summed E-state index contributed by atoms with van der Waals surface area (Å²) < 4.78 is 27.4.